The highest BCUT2D eigenvalue weighted by Gasteiger charge is 2.28. The lowest BCUT2D eigenvalue weighted by Gasteiger charge is -2.31. The van der Waals surface area contributed by atoms with Crippen LogP contribution < -0.4 is 5.73 Å². The van der Waals surface area contributed by atoms with Crippen LogP contribution in [0.1, 0.15) is 48.4 Å². The fourth-order valence-electron chi connectivity index (χ4n) is 2.08. The van der Waals surface area contributed by atoms with Gasteiger partial charge in [-0.3, -0.25) is 4.79 Å². The average molecular weight is 208 g/mol. The van der Waals surface area contributed by atoms with Crippen molar-refractivity contribution in [1.82, 2.24) is 15.0 Å². The molecule has 5 nitrogen and oxygen atoms in total. The Morgan fingerprint density at radius 1 is 1.60 bits per heavy atom. The van der Waals surface area contributed by atoms with Gasteiger partial charge in [-0.2, -0.15) is 0 Å². The molecule has 1 atom stereocenters. The first-order valence-corrected chi connectivity index (χ1v) is 5.33. The van der Waals surface area contributed by atoms with Crippen molar-refractivity contribution in [2.45, 2.75) is 39.2 Å². The van der Waals surface area contributed by atoms with Crippen molar-refractivity contribution >= 4 is 5.91 Å². The lowest BCUT2D eigenvalue weighted by molar-refractivity contribution is 0.0994. The second-order valence-corrected chi connectivity index (χ2v) is 4.26. The molecule has 2 N–H and O–H groups in total. The third kappa shape index (κ3) is 1.62. The molecule has 1 fully saturated rings. The molecule has 2 rings (SSSR count). The number of carbonyl (C=O) groups is 1. The molecular weight excluding hydrogens is 192 g/mol. The molecule has 0 bridgehead atoms. The third-order valence-electron chi connectivity index (χ3n) is 3.38. The number of nitrogens with two attached hydrogens (primary N) is 1. The molecule has 1 saturated carbocycles. The predicted molar refractivity (Wildman–Crippen MR) is 55.3 cm³/mol. The summed E-state index contributed by atoms with van der Waals surface area (Å²) in [6.07, 6.45) is 3.78. The monoisotopic (exact) mass is 208 g/mol. The summed E-state index contributed by atoms with van der Waals surface area (Å²) >= 11 is 0. The maximum atomic E-state index is 11.0. The summed E-state index contributed by atoms with van der Waals surface area (Å²) in [4.78, 5) is 11.0. The van der Waals surface area contributed by atoms with Gasteiger partial charge >= 0.3 is 0 Å². The first-order valence-electron chi connectivity index (χ1n) is 5.33. The Morgan fingerprint density at radius 2 is 2.27 bits per heavy atom. The zero-order valence-electron chi connectivity index (χ0n) is 9.10. The fraction of sp³-hybridized carbons (Fsp3) is 0.700. The molecule has 0 aromatic carbocycles. The Balaban J connectivity index is 2.24. The molecule has 0 saturated heterocycles. The minimum absolute atomic E-state index is 0.293. The predicted octanol–water partition coefficient (Wildman–Crippen LogP) is 1.05. The van der Waals surface area contributed by atoms with E-state index in [4.69, 9.17) is 5.73 Å². The van der Waals surface area contributed by atoms with E-state index in [2.05, 4.69) is 17.2 Å². The Kier molecular flexibility index (Phi) is 2.46. The van der Waals surface area contributed by atoms with E-state index in [-0.39, 0.29) is 0 Å². The first kappa shape index (κ1) is 10.1. The van der Waals surface area contributed by atoms with E-state index in [1.54, 1.807) is 0 Å². The van der Waals surface area contributed by atoms with Crippen LogP contribution in [0.2, 0.25) is 0 Å². The maximum Gasteiger partial charge on any atom is 0.271 e. The van der Waals surface area contributed by atoms with E-state index in [9.17, 15) is 4.79 Å². The van der Waals surface area contributed by atoms with Crippen LogP contribution in [0.5, 0.6) is 0 Å². The number of hydrogen-bond donors (Lipinski definition) is 1. The standard InChI is InChI=1S/C10H16N4O/c1-6(8-4-3-5-8)14-7(2)9(10(11)15)12-13-14/h6,8H,3-5H2,1-2H3,(H2,11,15). The summed E-state index contributed by atoms with van der Waals surface area (Å²) in [7, 11) is 0. The molecule has 1 aliphatic carbocycles. The smallest absolute Gasteiger partial charge is 0.271 e. The van der Waals surface area contributed by atoms with E-state index in [0.717, 1.165) is 5.69 Å². The summed E-state index contributed by atoms with van der Waals surface area (Å²) in [6, 6.07) is 0.319. The van der Waals surface area contributed by atoms with Gasteiger partial charge < -0.3 is 5.73 Å². The quantitative estimate of drug-likeness (QED) is 0.806. The van der Waals surface area contributed by atoms with Crippen molar-refractivity contribution in [2.24, 2.45) is 11.7 Å². The Labute approximate surface area is 88.6 Å². The minimum atomic E-state index is -0.500. The van der Waals surface area contributed by atoms with Crippen LogP contribution in [0.15, 0.2) is 0 Å². The second kappa shape index (κ2) is 3.64. The van der Waals surface area contributed by atoms with Crippen molar-refractivity contribution in [1.29, 1.82) is 0 Å². The van der Waals surface area contributed by atoms with Crippen LogP contribution in [0.4, 0.5) is 0 Å². The molecule has 5 heteroatoms. The van der Waals surface area contributed by atoms with Crippen LogP contribution >= 0.6 is 0 Å². The van der Waals surface area contributed by atoms with Crippen molar-refractivity contribution < 1.29 is 4.79 Å². The van der Waals surface area contributed by atoms with Gasteiger partial charge in [-0.1, -0.05) is 11.6 Å². The molecule has 82 valence electrons. The number of hydrogen-bond acceptors (Lipinski definition) is 3. The Hall–Kier alpha value is -1.39. The van der Waals surface area contributed by atoms with Crippen molar-refractivity contribution in [2.75, 3.05) is 0 Å². The highest BCUT2D eigenvalue weighted by Crippen LogP contribution is 2.36. The van der Waals surface area contributed by atoms with Crippen molar-refractivity contribution in [3.63, 3.8) is 0 Å². The largest absolute Gasteiger partial charge is 0.364 e. The number of nitrogens with zero attached hydrogens (tertiary/aromatic N) is 3. The number of primary amides is 1. The molecule has 0 radical (unpaired) electrons. The lowest BCUT2D eigenvalue weighted by Crippen LogP contribution is -2.24. The molecule has 15 heavy (non-hydrogen) atoms. The van der Waals surface area contributed by atoms with Gasteiger partial charge in [0.25, 0.3) is 5.91 Å². The molecule has 1 aromatic rings. The highest BCUT2D eigenvalue weighted by atomic mass is 16.1. The first-order chi connectivity index (χ1) is 7.11. The zero-order valence-corrected chi connectivity index (χ0v) is 9.10. The lowest BCUT2D eigenvalue weighted by atomic mass is 9.80. The van der Waals surface area contributed by atoms with E-state index < -0.39 is 5.91 Å². The van der Waals surface area contributed by atoms with Crippen LogP contribution in [0.3, 0.4) is 0 Å². The summed E-state index contributed by atoms with van der Waals surface area (Å²) in [6.45, 7) is 3.96. The normalized spacial score (nSPS) is 18.5. The molecule has 1 aliphatic rings. The van der Waals surface area contributed by atoms with Gasteiger partial charge in [-0.15, -0.1) is 5.10 Å². The second-order valence-electron chi connectivity index (χ2n) is 4.26. The van der Waals surface area contributed by atoms with E-state index in [0.29, 0.717) is 17.7 Å². The molecule has 1 amide bonds. The number of carbonyl (C=O) groups excluding carboxylic acids is 1. The number of rotatable bonds is 3. The molecular formula is C10H16N4O. The van der Waals surface area contributed by atoms with Crippen LogP contribution in [0.25, 0.3) is 0 Å². The number of amides is 1. The SMILES string of the molecule is Cc1c(C(N)=O)nnn1C(C)C1CCC1. The maximum absolute atomic E-state index is 11.0. The number of aromatic nitrogens is 3. The van der Waals surface area contributed by atoms with Gasteiger partial charge in [0.2, 0.25) is 0 Å². The molecule has 0 spiro atoms. The van der Waals surface area contributed by atoms with Crippen LogP contribution in [-0.2, 0) is 0 Å². The van der Waals surface area contributed by atoms with Gasteiger partial charge in [0, 0.05) is 0 Å². The van der Waals surface area contributed by atoms with Crippen molar-refractivity contribution in [3.8, 4) is 0 Å². The summed E-state index contributed by atoms with van der Waals surface area (Å²) in [5.41, 5.74) is 6.27. The van der Waals surface area contributed by atoms with Crippen LogP contribution in [-0.4, -0.2) is 20.9 Å². The van der Waals surface area contributed by atoms with Gasteiger partial charge in [0.05, 0.1) is 11.7 Å². The topological polar surface area (TPSA) is 73.8 Å². The molecule has 1 heterocycles. The third-order valence-corrected chi connectivity index (χ3v) is 3.38. The highest BCUT2D eigenvalue weighted by molar-refractivity contribution is 5.91. The summed E-state index contributed by atoms with van der Waals surface area (Å²) in [5.74, 6) is 0.172. The fourth-order valence-corrected chi connectivity index (χ4v) is 2.08. The van der Waals surface area contributed by atoms with Crippen molar-refractivity contribution in [3.05, 3.63) is 11.4 Å². The Bertz CT molecular complexity index is 381. The average Bonchev–Trinajstić information content (AvgIpc) is 2.43. The van der Waals surface area contributed by atoms with E-state index in [1.165, 1.54) is 19.3 Å². The summed E-state index contributed by atoms with van der Waals surface area (Å²) in [5, 5.41) is 7.82. The molecule has 1 unspecified atom stereocenters. The zero-order chi connectivity index (χ0) is 11.0. The van der Waals surface area contributed by atoms with Gasteiger partial charge in [0.1, 0.15) is 0 Å². The van der Waals surface area contributed by atoms with E-state index in [1.807, 2.05) is 11.6 Å². The van der Waals surface area contributed by atoms with Gasteiger partial charge in [-0.25, -0.2) is 4.68 Å². The molecule has 1 aromatic heterocycles. The Morgan fingerprint density at radius 3 is 2.67 bits per heavy atom. The van der Waals surface area contributed by atoms with E-state index >= 15 is 0 Å². The van der Waals surface area contributed by atoms with Crippen LogP contribution in [0, 0.1) is 12.8 Å². The minimum Gasteiger partial charge on any atom is -0.364 e. The summed E-state index contributed by atoms with van der Waals surface area (Å²) < 4.78 is 1.82. The van der Waals surface area contributed by atoms with Gasteiger partial charge in [0.15, 0.2) is 5.69 Å². The van der Waals surface area contributed by atoms with Gasteiger partial charge in [-0.05, 0) is 32.6 Å². The molecule has 0 aliphatic heterocycles.